The van der Waals surface area contributed by atoms with E-state index in [-0.39, 0.29) is 0 Å². The van der Waals surface area contributed by atoms with E-state index in [1.807, 2.05) is 0 Å². The normalized spacial score (nSPS) is 29.6. The van der Waals surface area contributed by atoms with Crippen molar-refractivity contribution in [3.05, 3.63) is 9.81 Å². The lowest BCUT2D eigenvalue weighted by Gasteiger charge is -1.99. The summed E-state index contributed by atoms with van der Waals surface area (Å²) in [4.78, 5) is 2.47. The molecular formula is C5H9NS2. The molecular weight excluding hydrogens is 138 g/mol. The van der Waals surface area contributed by atoms with Crippen LogP contribution in [0, 0.1) is 0 Å². The minimum Gasteiger partial charge on any atom is -0.252 e. The van der Waals surface area contributed by atoms with E-state index in [2.05, 4.69) is 31.2 Å². The second-order valence-electron chi connectivity index (χ2n) is 1.88. The lowest BCUT2D eigenvalue weighted by molar-refractivity contribution is 0.857. The molecule has 0 spiro atoms. The Morgan fingerprint density at radius 3 is 2.50 bits per heavy atom. The highest BCUT2D eigenvalue weighted by atomic mass is 32.2. The molecule has 0 radical (unpaired) electrons. The van der Waals surface area contributed by atoms with Crippen molar-refractivity contribution in [3.63, 3.8) is 0 Å². The molecule has 0 fully saturated rings. The zero-order valence-corrected chi connectivity index (χ0v) is 6.64. The first kappa shape index (κ1) is 6.52. The fraction of sp³-hybridized carbons (Fsp3) is 0.600. The van der Waals surface area contributed by atoms with Gasteiger partial charge in [0, 0.05) is 15.9 Å². The van der Waals surface area contributed by atoms with Crippen LogP contribution in [0.5, 0.6) is 0 Å². The van der Waals surface area contributed by atoms with Crippen LogP contribution in [-0.2, 0) is 0 Å². The highest BCUT2D eigenvalue weighted by molar-refractivity contribution is 8.02. The molecule has 1 atom stereocenters. The zero-order chi connectivity index (χ0) is 6.15. The molecule has 0 aromatic rings. The topological polar surface area (TPSA) is 12.0 Å². The molecule has 46 valence electrons. The summed E-state index contributed by atoms with van der Waals surface area (Å²) < 4.78 is 3.19. The van der Waals surface area contributed by atoms with Crippen LogP contribution in [0.15, 0.2) is 9.81 Å². The number of thiol groups is 1. The van der Waals surface area contributed by atoms with Gasteiger partial charge in [-0.25, -0.2) is 0 Å². The van der Waals surface area contributed by atoms with Crippen LogP contribution in [0.1, 0.15) is 13.8 Å². The van der Waals surface area contributed by atoms with Crippen LogP contribution in [0.25, 0.3) is 0 Å². The molecule has 1 heterocycles. The SMILES string of the molecule is CC1=C(S)C(C)NS1. The maximum Gasteiger partial charge on any atom is 0.0461 e. The Morgan fingerprint density at radius 2 is 2.38 bits per heavy atom. The van der Waals surface area contributed by atoms with Gasteiger partial charge in [-0.1, -0.05) is 0 Å². The highest BCUT2D eigenvalue weighted by Crippen LogP contribution is 2.29. The fourth-order valence-corrected chi connectivity index (χ4v) is 1.63. The van der Waals surface area contributed by atoms with Gasteiger partial charge in [0.25, 0.3) is 0 Å². The van der Waals surface area contributed by atoms with Crippen molar-refractivity contribution >= 4 is 24.6 Å². The van der Waals surface area contributed by atoms with E-state index in [1.165, 1.54) is 9.81 Å². The van der Waals surface area contributed by atoms with Gasteiger partial charge in [-0.2, -0.15) is 0 Å². The van der Waals surface area contributed by atoms with Crippen LogP contribution >= 0.6 is 24.6 Å². The molecule has 1 aliphatic rings. The minimum atomic E-state index is 0.448. The fourth-order valence-electron chi connectivity index (χ4n) is 0.590. The van der Waals surface area contributed by atoms with Crippen molar-refractivity contribution in [1.29, 1.82) is 0 Å². The van der Waals surface area contributed by atoms with E-state index in [0.29, 0.717) is 6.04 Å². The van der Waals surface area contributed by atoms with E-state index >= 15 is 0 Å². The predicted molar refractivity (Wildman–Crippen MR) is 41.9 cm³/mol. The number of allylic oxidation sites excluding steroid dienone is 1. The largest absolute Gasteiger partial charge is 0.252 e. The van der Waals surface area contributed by atoms with E-state index in [9.17, 15) is 0 Å². The molecule has 1 nitrogen and oxygen atoms in total. The van der Waals surface area contributed by atoms with Gasteiger partial charge in [0.2, 0.25) is 0 Å². The molecule has 1 aliphatic heterocycles. The molecule has 0 amide bonds. The standard InChI is InChI=1S/C5H9NS2/c1-3-5(7)4(2)8-6-3/h3,6-7H,1-2H3. The monoisotopic (exact) mass is 147 g/mol. The van der Waals surface area contributed by atoms with E-state index in [1.54, 1.807) is 11.9 Å². The van der Waals surface area contributed by atoms with Gasteiger partial charge in [-0.15, -0.1) is 12.6 Å². The third kappa shape index (κ3) is 1.04. The third-order valence-electron chi connectivity index (χ3n) is 1.16. The Balaban J connectivity index is 2.71. The van der Waals surface area contributed by atoms with Gasteiger partial charge < -0.3 is 0 Å². The van der Waals surface area contributed by atoms with Crippen molar-refractivity contribution in [2.24, 2.45) is 0 Å². The summed E-state index contributed by atoms with van der Waals surface area (Å²) in [5.41, 5.74) is 0. The van der Waals surface area contributed by atoms with Crippen molar-refractivity contribution in [2.45, 2.75) is 19.9 Å². The van der Waals surface area contributed by atoms with Crippen molar-refractivity contribution in [2.75, 3.05) is 0 Å². The molecule has 8 heavy (non-hydrogen) atoms. The van der Waals surface area contributed by atoms with Gasteiger partial charge in [0.15, 0.2) is 0 Å². The first-order valence-corrected chi connectivity index (χ1v) is 3.80. The average molecular weight is 147 g/mol. The molecule has 0 aliphatic carbocycles. The summed E-state index contributed by atoms with van der Waals surface area (Å²) in [7, 11) is 0. The van der Waals surface area contributed by atoms with E-state index in [4.69, 9.17) is 0 Å². The maximum absolute atomic E-state index is 4.28. The summed E-state index contributed by atoms with van der Waals surface area (Å²) in [6.45, 7) is 4.18. The first-order chi connectivity index (χ1) is 3.72. The summed E-state index contributed by atoms with van der Waals surface area (Å²) in [6, 6.07) is 0.448. The molecule has 0 saturated carbocycles. The molecule has 1 rings (SSSR count). The van der Waals surface area contributed by atoms with Gasteiger partial charge in [0.05, 0.1) is 0 Å². The molecule has 0 aromatic heterocycles. The van der Waals surface area contributed by atoms with Gasteiger partial charge in [-0.05, 0) is 25.8 Å². The van der Waals surface area contributed by atoms with Crippen LogP contribution < -0.4 is 4.72 Å². The smallest absolute Gasteiger partial charge is 0.0461 e. The maximum atomic E-state index is 4.28. The first-order valence-electron chi connectivity index (χ1n) is 2.54. The Morgan fingerprint density at radius 1 is 1.75 bits per heavy atom. The van der Waals surface area contributed by atoms with Gasteiger partial charge >= 0.3 is 0 Å². The molecule has 1 unspecified atom stereocenters. The molecule has 0 bridgehead atoms. The Hall–Kier alpha value is 0.400. The summed E-state index contributed by atoms with van der Waals surface area (Å²) in [6.07, 6.45) is 0. The lowest BCUT2D eigenvalue weighted by Crippen LogP contribution is -2.12. The molecule has 3 heteroatoms. The van der Waals surface area contributed by atoms with Crippen molar-refractivity contribution in [3.8, 4) is 0 Å². The van der Waals surface area contributed by atoms with Crippen LogP contribution in [0.3, 0.4) is 0 Å². The van der Waals surface area contributed by atoms with Crippen LogP contribution in [0.2, 0.25) is 0 Å². The predicted octanol–water partition coefficient (Wildman–Crippen LogP) is 1.79. The quantitative estimate of drug-likeness (QED) is 0.400. The number of hydrogen-bond donors (Lipinski definition) is 2. The Labute approximate surface area is 59.5 Å². The zero-order valence-electron chi connectivity index (χ0n) is 4.93. The third-order valence-corrected chi connectivity index (χ3v) is 3.03. The van der Waals surface area contributed by atoms with E-state index in [0.717, 1.165) is 0 Å². The summed E-state index contributed by atoms with van der Waals surface area (Å²) in [5, 5.41) is 0. The highest BCUT2D eigenvalue weighted by Gasteiger charge is 2.14. The number of hydrogen-bond acceptors (Lipinski definition) is 3. The lowest BCUT2D eigenvalue weighted by atomic mass is 10.3. The van der Waals surface area contributed by atoms with Gasteiger partial charge in [0.1, 0.15) is 0 Å². The van der Waals surface area contributed by atoms with Crippen molar-refractivity contribution < 1.29 is 0 Å². The van der Waals surface area contributed by atoms with Crippen LogP contribution in [-0.4, -0.2) is 6.04 Å². The van der Waals surface area contributed by atoms with E-state index < -0.39 is 0 Å². The minimum absolute atomic E-state index is 0.448. The summed E-state index contributed by atoms with van der Waals surface area (Å²) in [5.74, 6) is 0. The summed E-state index contributed by atoms with van der Waals surface area (Å²) >= 11 is 5.95. The van der Waals surface area contributed by atoms with Gasteiger partial charge in [-0.3, -0.25) is 4.72 Å². The Bertz CT molecular complexity index is 130. The molecule has 1 N–H and O–H groups in total. The van der Waals surface area contributed by atoms with Crippen molar-refractivity contribution in [1.82, 2.24) is 4.72 Å². The second kappa shape index (κ2) is 2.33. The molecule has 0 aromatic carbocycles. The average Bonchev–Trinajstić information content (AvgIpc) is 1.98. The number of rotatable bonds is 0. The second-order valence-corrected chi connectivity index (χ2v) is 3.42. The Kier molecular flexibility index (Phi) is 1.90. The number of nitrogens with one attached hydrogen (secondary N) is 1. The van der Waals surface area contributed by atoms with Crippen LogP contribution in [0.4, 0.5) is 0 Å². The molecule has 0 saturated heterocycles.